The van der Waals surface area contributed by atoms with Gasteiger partial charge in [0.15, 0.2) is 5.69 Å². The second-order valence-corrected chi connectivity index (χ2v) is 9.72. The minimum absolute atomic E-state index is 0.0833. The third kappa shape index (κ3) is 4.82. The van der Waals surface area contributed by atoms with Gasteiger partial charge in [-0.25, -0.2) is 4.79 Å². The normalized spacial score (nSPS) is 18.3. The van der Waals surface area contributed by atoms with Gasteiger partial charge in [-0.3, -0.25) is 24.0 Å². The zero-order chi connectivity index (χ0) is 24.2. The molecule has 8 nitrogen and oxygen atoms in total. The number of H-pyrrole nitrogens is 1. The van der Waals surface area contributed by atoms with Crippen molar-refractivity contribution in [3.63, 3.8) is 0 Å². The fourth-order valence-corrected chi connectivity index (χ4v) is 5.61. The van der Waals surface area contributed by atoms with Gasteiger partial charge in [0.25, 0.3) is 5.56 Å². The lowest BCUT2D eigenvalue weighted by atomic mass is 9.87. The van der Waals surface area contributed by atoms with Crippen LogP contribution < -0.4 is 21.9 Å². The number of carbonyl (C=O) groups excluding carboxylic acids is 1. The van der Waals surface area contributed by atoms with Gasteiger partial charge in [-0.15, -0.1) is 0 Å². The minimum atomic E-state index is -0.582. The van der Waals surface area contributed by atoms with Gasteiger partial charge in [-0.1, -0.05) is 50.5 Å². The monoisotopic (exact) mass is 467 g/mol. The van der Waals surface area contributed by atoms with Crippen molar-refractivity contribution < 1.29 is 4.79 Å². The van der Waals surface area contributed by atoms with Crippen molar-refractivity contribution in [1.82, 2.24) is 14.5 Å². The van der Waals surface area contributed by atoms with Crippen LogP contribution in [0.3, 0.4) is 0 Å². The summed E-state index contributed by atoms with van der Waals surface area (Å²) in [6.07, 6.45) is 8.46. The van der Waals surface area contributed by atoms with Crippen molar-refractivity contribution in [2.24, 2.45) is 0 Å². The molecule has 0 aliphatic heterocycles. The Bertz CT molecular complexity index is 1130. The van der Waals surface area contributed by atoms with Crippen molar-refractivity contribution in [3.05, 3.63) is 56.2 Å². The molecule has 1 heterocycles. The molecule has 1 atom stereocenters. The Morgan fingerprint density at radius 1 is 1.15 bits per heavy atom. The Hall–Kier alpha value is -2.87. The third-order valence-corrected chi connectivity index (χ3v) is 7.40. The number of hydrogen-bond donors (Lipinski definition) is 2. The molecule has 1 fully saturated rings. The van der Waals surface area contributed by atoms with E-state index in [1.165, 1.54) is 15.7 Å². The summed E-state index contributed by atoms with van der Waals surface area (Å²) in [4.78, 5) is 45.3. The Labute approximate surface area is 200 Å². The summed E-state index contributed by atoms with van der Waals surface area (Å²) < 4.78 is 1.40. The predicted molar refractivity (Wildman–Crippen MR) is 135 cm³/mol. The summed E-state index contributed by atoms with van der Waals surface area (Å²) in [6, 6.07) is 8.52. The molecular formula is C26H37N5O3. The lowest BCUT2D eigenvalue weighted by Crippen LogP contribution is -2.49. The zero-order valence-electron chi connectivity index (χ0n) is 20.4. The number of nitrogen functional groups attached to an aromatic ring is 1. The first-order chi connectivity index (χ1) is 16.4. The van der Waals surface area contributed by atoms with Crippen molar-refractivity contribution in [2.75, 3.05) is 24.2 Å². The van der Waals surface area contributed by atoms with E-state index in [4.69, 9.17) is 5.73 Å². The quantitative estimate of drug-likeness (QED) is 0.620. The molecule has 0 spiro atoms. The molecule has 0 bridgehead atoms. The number of likely N-dealkylation sites (N-methyl/N-ethyl adjacent to an activating group) is 1. The summed E-state index contributed by atoms with van der Waals surface area (Å²) in [6.45, 7) is 2.63. The van der Waals surface area contributed by atoms with E-state index in [0.717, 1.165) is 57.8 Å². The molecule has 1 amide bonds. The zero-order valence-corrected chi connectivity index (χ0v) is 20.4. The lowest BCUT2D eigenvalue weighted by molar-refractivity contribution is -0.120. The number of aromatic nitrogens is 2. The smallest absolute Gasteiger partial charge is 0.330 e. The predicted octanol–water partition coefficient (Wildman–Crippen LogP) is 3.20. The van der Waals surface area contributed by atoms with Gasteiger partial charge in [0.05, 0.1) is 6.54 Å². The number of amides is 1. The molecule has 4 rings (SSSR count). The topological polar surface area (TPSA) is 104 Å². The lowest BCUT2D eigenvalue weighted by Gasteiger charge is -2.36. The fourth-order valence-electron chi connectivity index (χ4n) is 5.61. The maximum absolute atomic E-state index is 13.8. The molecule has 34 heavy (non-hydrogen) atoms. The van der Waals surface area contributed by atoms with Crippen LogP contribution in [0, 0.1) is 0 Å². The Morgan fingerprint density at radius 3 is 2.62 bits per heavy atom. The summed E-state index contributed by atoms with van der Waals surface area (Å²) in [5, 5.41) is 0. The van der Waals surface area contributed by atoms with Gasteiger partial charge in [0.2, 0.25) is 5.91 Å². The van der Waals surface area contributed by atoms with E-state index in [-0.39, 0.29) is 36.0 Å². The van der Waals surface area contributed by atoms with Gasteiger partial charge in [0.1, 0.15) is 5.82 Å². The maximum Gasteiger partial charge on any atom is 0.330 e. The van der Waals surface area contributed by atoms with E-state index in [9.17, 15) is 14.4 Å². The fraction of sp³-hybridized carbons (Fsp3) is 0.577. The first-order valence-electron chi connectivity index (χ1n) is 12.6. The van der Waals surface area contributed by atoms with Crippen LogP contribution in [0.4, 0.5) is 11.5 Å². The molecular weight excluding hydrogens is 430 g/mol. The Morgan fingerprint density at radius 2 is 1.88 bits per heavy atom. The highest BCUT2D eigenvalue weighted by Gasteiger charge is 2.34. The van der Waals surface area contributed by atoms with Crippen LogP contribution in [0.25, 0.3) is 0 Å². The molecule has 1 saturated carbocycles. The number of carbonyl (C=O) groups is 1. The second-order valence-electron chi connectivity index (χ2n) is 9.72. The van der Waals surface area contributed by atoms with Crippen LogP contribution in [0.2, 0.25) is 0 Å². The molecule has 1 aromatic heterocycles. The molecule has 184 valence electrons. The molecule has 0 saturated heterocycles. The number of nitrogens with two attached hydrogens (primary N) is 1. The average molecular weight is 468 g/mol. The van der Waals surface area contributed by atoms with Crippen LogP contribution in [0.1, 0.15) is 75.5 Å². The highest BCUT2D eigenvalue weighted by atomic mass is 16.2. The molecule has 8 heteroatoms. The highest BCUT2D eigenvalue weighted by molar-refractivity contribution is 5.97. The summed E-state index contributed by atoms with van der Waals surface area (Å²) >= 11 is 0. The van der Waals surface area contributed by atoms with Gasteiger partial charge in [-0.05, 0) is 56.7 Å². The first-order valence-corrected chi connectivity index (χ1v) is 12.6. The van der Waals surface area contributed by atoms with E-state index in [2.05, 4.69) is 34.1 Å². The SMILES string of the molecule is CCCCn1c(N)c(N(C(=O)CN(C)[C@H]2CCCc3ccccc32)C2CCCC2)c(=O)[nH]c1=O. The molecule has 3 N–H and O–H groups in total. The molecule has 2 aliphatic carbocycles. The Kier molecular flexibility index (Phi) is 7.56. The average Bonchev–Trinajstić information content (AvgIpc) is 3.35. The molecule has 1 aromatic carbocycles. The van der Waals surface area contributed by atoms with Crippen LogP contribution in [-0.4, -0.2) is 40.0 Å². The highest BCUT2D eigenvalue weighted by Crippen LogP contribution is 2.34. The number of aryl methyl sites for hydroxylation is 1. The van der Waals surface area contributed by atoms with Crippen molar-refractivity contribution in [3.8, 4) is 0 Å². The van der Waals surface area contributed by atoms with E-state index < -0.39 is 11.2 Å². The van der Waals surface area contributed by atoms with Crippen molar-refractivity contribution in [1.29, 1.82) is 0 Å². The minimum Gasteiger partial charge on any atom is -0.383 e. The third-order valence-electron chi connectivity index (χ3n) is 7.40. The molecule has 0 unspecified atom stereocenters. The molecule has 2 aliphatic rings. The standard InChI is InChI=1S/C26H37N5O3/c1-3-4-16-30-24(27)23(25(33)28-26(30)34)31(19-12-6-7-13-19)22(32)17-29(2)21-15-9-11-18-10-5-8-14-20(18)21/h5,8,10,14,19,21H,3-4,6-7,9,11-13,15-17,27H2,1-2H3,(H,28,33,34)/t21-/m0/s1. The van der Waals surface area contributed by atoms with E-state index in [1.807, 2.05) is 14.0 Å². The number of hydrogen-bond acceptors (Lipinski definition) is 5. The van der Waals surface area contributed by atoms with Crippen LogP contribution >= 0.6 is 0 Å². The van der Waals surface area contributed by atoms with E-state index >= 15 is 0 Å². The van der Waals surface area contributed by atoms with Gasteiger partial charge in [0, 0.05) is 18.6 Å². The van der Waals surface area contributed by atoms with Crippen LogP contribution in [0.15, 0.2) is 33.9 Å². The second kappa shape index (κ2) is 10.6. The number of fused-ring (bicyclic) bond motifs is 1. The van der Waals surface area contributed by atoms with Gasteiger partial charge < -0.3 is 10.6 Å². The first kappa shape index (κ1) is 24.3. The number of aromatic amines is 1. The van der Waals surface area contributed by atoms with Crippen LogP contribution in [-0.2, 0) is 17.8 Å². The van der Waals surface area contributed by atoms with E-state index in [1.54, 1.807) is 4.90 Å². The number of rotatable bonds is 8. The molecule has 2 aromatic rings. The van der Waals surface area contributed by atoms with Crippen LogP contribution in [0.5, 0.6) is 0 Å². The summed E-state index contributed by atoms with van der Waals surface area (Å²) in [7, 11) is 1.98. The largest absolute Gasteiger partial charge is 0.383 e. The summed E-state index contributed by atoms with van der Waals surface area (Å²) in [5.74, 6) is -0.0524. The Balaban J connectivity index is 1.66. The number of benzene rings is 1. The summed E-state index contributed by atoms with van der Waals surface area (Å²) in [5.41, 5.74) is 8.05. The van der Waals surface area contributed by atoms with Gasteiger partial charge in [-0.2, -0.15) is 0 Å². The number of anilines is 2. The maximum atomic E-state index is 13.8. The van der Waals surface area contributed by atoms with Crippen molar-refractivity contribution >= 4 is 17.4 Å². The molecule has 0 radical (unpaired) electrons. The number of nitrogens with one attached hydrogen (secondary N) is 1. The number of unbranched alkanes of at least 4 members (excludes halogenated alkanes) is 1. The van der Waals surface area contributed by atoms with Crippen molar-refractivity contribution in [2.45, 2.75) is 83.3 Å². The van der Waals surface area contributed by atoms with Gasteiger partial charge >= 0.3 is 5.69 Å². The number of nitrogens with zero attached hydrogens (tertiary/aromatic N) is 3. The van der Waals surface area contributed by atoms with E-state index in [0.29, 0.717) is 6.54 Å².